The van der Waals surface area contributed by atoms with Crippen molar-refractivity contribution >= 4 is 27.0 Å². The van der Waals surface area contributed by atoms with Crippen molar-refractivity contribution in [3.05, 3.63) is 40.3 Å². The number of para-hydroxylation sites is 1. The van der Waals surface area contributed by atoms with E-state index in [4.69, 9.17) is 5.73 Å². The number of sulfonamides is 1. The third-order valence-electron chi connectivity index (χ3n) is 2.51. The molecule has 19 heavy (non-hydrogen) atoms. The fourth-order valence-electron chi connectivity index (χ4n) is 1.61. The Kier molecular flexibility index (Phi) is 4.18. The van der Waals surface area contributed by atoms with Gasteiger partial charge in [-0.3, -0.25) is 0 Å². The number of anilines is 1. The minimum atomic E-state index is -3.55. The Morgan fingerprint density at radius 3 is 2.74 bits per heavy atom. The lowest BCUT2D eigenvalue weighted by atomic mass is 10.3. The Bertz CT molecular complexity index is 665. The standard InChI is InChI=1S/C12H15N3O2S2/c1-9-8-18-12(15-9)6-7-14-19(16,17)11-5-3-2-4-10(11)13/h2-5,8,14H,6-7,13H2,1H3. The van der Waals surface area contributed by atoms with Gasteiger partial charge in [-0.1, -0.05) is 12.1 Å². The summed E-state index contributed by atoms with van der Waals surface area (Å²) in [6, 6.07) is 6.41. The van der Waals surface area contributed by atoms with E-state index in [1.165, 1.54) is 17.4 Å². The second kappa shape index (κ2) is 5.68. The lowest BCUT2D eigenvalue weighted by Crippen LogP contribution is -2.26. The van der Waals surface area contributed by atoms with E-state index < -0.39 is 10.0 Å². The molecule has 0 bridgehead atoms. The summed E-state index contributed by atoms with van der Waals surface area (Å²) in [4.78, 5) is 4.40. The zero-order valence-corrected chi connectivity index (χ0v) is 12.1. The van der Waals surface area contributed by atoms with Gasteiger partial charge in [-0.15, -0.1) is 11.3 Å². The van der Waals surface area contributed by atoms with Gasteiger partial charge in [-0.2, -0.15) is 0 Å². The number of hydrogen-bond acceptors (Lipinski definition) is 5. The van der Waals surface area contributed by atoms with Crippen molar-refractivity contribution in [2.75, 3.05) is 12.3 Å². The molecular formula is C12H15N3O2S2. The number of nitrogen functional groups attached to an aromatic ring is 1. The minimum Gasteiger partial charge on any atom is -0.398 e. The van der Waals surface area contributed by atoms with Gasteiger partial charge in [0.25, 0.3) is 0 Å². The van der Waals surface area contributed by atoms with Gasteiger partial charge in [-0.25, -0.2) is 18.1 Å². The van der Waals surface area contributed by atoms with Crippen molar-refractivity contribution in [1.29, 1.82) is 0 Å². The van der Waals surface area contributed by atoms with Crippen LogP contribution in [-0.2, 0) is 16.4 Å². The summed E-state index contributed by atoms with van der Waals surface area (Å²) in [5.41, 5.74) is 6.87. The number of benzene rings is 1. The molecule has 0 unspecified atom stereocenters. The van der Waals surface area contributed by atoms with Crippen LogP contribution in [0.3, 0.4) is 0 Å². The van der Waals surface area contributed by atoms with Gasteiger partial charge >= 0.3 is 0 Å². The second-order valence-corrected chi connectivity index (χ2v) is 6.75. The molecular weight excluding hydrogens is 282 g/mol. The van der Waals surface area contributed by atoms with Crippen LogP contribution in [0.4, 0.5) is 5.69 Å². The first-order valence-corrected chi connectivity index (χ1v) is 8.10. The van der Waals surface area contributed by atoms with Crippen LogP contribution in [0.2, 0.25) is 0 Å². The Labute approximate surface area is 116 Å². The molecule has 1 aromatic heterocycles. The van der Waals surface area contributed by atoms with Crippen LogP contribution in [0.25, 0.3) is 0 Å². The molecule has 0 aliphatic carbocycles. The average molecular weight is 297 g/mol. The average Bonchev–Trinajstić information content (AvgIpc) is 2.75. The lowest BCUT2D eigenvalue weighted by Gasteiger charge is -2.07. The van der Waals surface area contributed by atoms with Crippen molar-refractivity contribution in [3.63, 3.8) is 0 Å². The van der Waals surface area contributed by atoms with Crippen molar-refractivity contribution in [2.24, 2.45) is 0 Å². The largest absolute Gasteiger partial charge is 0.398 e. The highest BCUT2D eigenvalue weighted by Gasteiger charge is 2.16. The van der Waals surface area contributed by atoms with Crippen molar-refractivity contribution in [2.45, 2.75) is 18.2 Å². The molecule has 0 radical (unpaired) electrons. The number of nitrogens with one attached hydrogen (secondary N) is 1. The van der Waals surface area contributed by atoms with E-state index in [9.17, 15) is 8.42 Å². The highest BCUT2D eigenvalue weighted by Crippen LogP contribution is 2.17. The Hall–Kier alpha value is -1.44. The molecule has 7 heteroatoms. The molecule has 2 rings (SSSR count). The van der Waals surface area contributed by atoms with Gasteiger partial charge in [-0.05, 0) is 19.1 Å². The monoisotopic (exact) mass is 297 g/mol. The van der Waals surface area contributed by atoms with E-state index >= 15 is 0 Å². The Morgan fingerprint density at radius 2 is 2.11 bits per heavy atom. The van der Waals surface area contributed by atoms with E-state index in [0.29, 0.717) is 13.0 Å². The molecule has 5 nitrogen and oxygen atoms in total. The van der Waals surface area contributed by atoms with Gasteiger partial charge in [0.05, 0.1) is 10.7 Å². The molecule has 102 valence electrons. The molecule has 0 aliphatic rings. The lowest BCUT2D eigenvalue weighted by molar-refractivity contribution is 0.582. The fourth-order valence-corrected chi connectivity index (χ4v) is 3.55. The van der Waals surface area contributed by atoms with Crippen LogP contribution >= 0.6 is 11.3 Å². The Morgan fingerprint density at radius 1 is 1.37 bits per heavy atom. The SMILES string of the molecule is Cc1csc(CCNS(=O)(=O)c2ccccc2N)n1. The minimum absolute atomic E-state index is 0.116. The van der Waals surface area contributed by atoms with Crippen molar-refractivity contribution in [1.82, 2.24) is 9.71 Å². The van der Waals surface area contributed by atoms with Gasteiger partial charge in [0, 0.05) is 24.0 Å². The van der Waals surface area contributed by atoms with Crippen molar-refractivity contribution in [3.8, 4) is 0 Å². The molecule has 0 fully saturated rings. The van der Waals surface area contributed by atoms with E-state index in [-0.39, 0.29) is 10.6 Å². The first kappa shape index (κ1) is 14.0. The molecule has 2 aromatic rings. The van der Waals surface area contributed by atoms with Crippen LogP contribution in [0.15, 0.2) is 34.5 Å². The fraction of sp³-hybridized carbons (Fsp3) is 0.250. The number of nitrogens with two attached hydrogens (primary N) is 1. The van der Waals surface area contributed by atoms with E-state index in [2.05, 4.69) is 9.71 Å². The molecule has 1 heterocycles. The highest BCUT2D eigenvalue weighted by atomic mass is 32.2. The maximum atomic E-state index is 12.0. The van der Waals surface area contributed by atoms with Gasteiger partial charge < -0.3 is 5.73 Å². The number of rotatable bonds is 5. The molecule has 0 spiro atoms. The van der Waals surface area contributed by atoms with Gasteiger partial charge in [0.15, 0.2) is 0 Å². The zero-order chi connectivity index (χ0) is 13.9. The summed E-state index contributed by atoms with van der Waals surface area (Å²) in [6.07, 6.45) is 0.574. The van der Waals surface area contributed by atoms with Crippen LogP contribution < -0.4 is 10.5 Å². The third kappa shape index (κ3) is 3.52. The molecule has 0 saturated heterocycles. The van der Waals surface area contributed by atoms with Crippen LogP contribution in [-0.4, -0.2) is 19.9 Å². The molecule has 1 aromatic carbocycles. The maximum absolute atomic E-state index is 12.0. The summed E-state index contributed by atoms with van der Waals surface area (Å²) in [6.45, 7) is 2.22. The Balaban J connectivity index is 2.01. The first-order valence-electron chi connectivity index (χ1n) is 5.74. The number of nitrogens with zero attached hydrogens (tertiary/aromatic N) is 1. The van der Waals surface area contributed by atoms with Crippen LogP contribution in [0.5, 0.6) is 0 Å². The van der Waals surface area contributed by atoms with Crippen LogP contribution in [0.1, 0.15) is 10.7 Å². The normalized spacial score (nSPS) is 11.6. The summed E-state index contributed by atoms with van der Waals surface area (Å²) in [5.74, 6) is 0. The highest BCUT2D eigenvalue weighted by molar-refractivity contribution is 7.89. The molecule has 0 amide bonds. The topological polar surface area (TPSA) is 85.1 Å². The smallest absolute Gasteiger partial charge is 0.242 e. The predicted molar refractivity (Wildman–Crippen MR) is 76.6 cm³/mol. The van der Waals surface area contributed by atoms with Crippen LogP contribution in [0, 0.1) is 6.92 Å². The first-order chi connectivity index (χ1) is 8.99. The number of hydrogen-bond donors (Lipinski definition) is 2. The van der Waals surface area contributed by atoms with Gasteiger partial charge in [0.1, 0.15) is 4.90 Å². The second-order valence-electron chi connectivity index (χ2n) is 4.07. The van der Waals surface area contributed by atoms with Crippen molar-refractivity contribution < 1.29 is 8.42 Å². The van der Waals surface area contributed by atoms with E-state index in [1.54, 1.807) is 18.2 Å². The quantitative estimate of drug-likeness (QED) is 0.820. The maximum Gasteiger partial charge on any atom is 0.242 e. The summed E-state index contributed by atoms with van der Waals surface area (Å²) in [5, 5.41) is 2.86. The summed E-state index contributed by atoms with van der Waals surface area (Å²) in [7, 11) is -3.55. The number of aryl methyl sites for hydroxylation is 1. The number of thiazole rings is 1. The summed E-state index contributed by atoms with van der Waals surface area (Å²) < 4.78 is 26.6. The molecule has 0 saturated carbocycles. The van der Waals surface area contributed by atoms with E-state index in [1.807, 2.05) is 12.3 Å². The predicted octanol–water partition coefficient (Wildman–Crippen LogP) is 1.55. The zero-order valence-electron chi connectivity index (χ0n) is 10.5. The number of aromatic nitrogens is 1. The molecule has 3 N–H and O–H groups in total. The summed E-state index contributed by atoms with van der Waals surface area (Å²) >= 11 is 1.53. The van der Waals surface area contributed by atoms with Gasteiger partial charge in [0.2, 0.25) is 10.0 Å². The van der Waals surface area contributed by atoms with E-state index in [0.717, 1.165) is 10.7 Å². The third-order valence-corrected chi connectivity index (χ3v) is 5.07. The molecule has 0 aliphatic heterocycles. The molecule has 0 atom stereocenters.